The first-order chi connectivity index (χ1) is 11.1. The lowest BCUT2D eigenvalue weighted by Gasteiger charge is -2.09. The molecule has 5 nitrogen and oxygen atoms in total. The van der Waals surface area contributed by atoms with Crippen molar-refractivity contribution >= 4 is 11.6 Å². The molecule has 2 aromatic carbocycles. The number of benzene rings is 2. The van der Waals surface area contributed by atoms with Crippen LogP contribution >= 0.6 is 0 Å². The molecular formula is C18H22N2O3. The predicted octanol–water partition coefficient (Wildman–Crippen LogP) is 2.56. The van der Waals surface area contributed by atoms with Gasteiger partial charge in [0, 0.05) is 19.2 Å². The second kappa shape index (κ2) is 8.80. The van der Waals surface area contributed by atoms with Crippen LogP contribution in [0.4, 0.5) is 5.69 Å². The molecule has 2 rings (SSSR count). The van der Waals surface area contributed by atoms with E-state index in [4.69, 9.17) is 4.74 Å². The van der Waals surface area contributed by atoms with Crippen LogP contribution in [0, 0.1) is 0 Å². The molecule has 0 atom stereocenters. The first-order valence-electron chi connectivity index (χ1n) is 7.62. The SMILES string of the molecule is CC(=O)Nc1ccc(OCCNCCc2ccc(O)cc2)cc1. The largest absolute Gasteiger partial charge is 0.508 e. The molecule has 0 aliphatic heterocycles. The number of amides is 1. The van der Waals surface area contributed by atoms with E-state index in [2.05, 4.69) is 10.6 Å². The van der Waals surface area contributed by atoms with Crippen molar-refractivity contribution in [1.82, 2.24) is 5.32 Å². The number of hydrogen-bond acceptors (Lipinski definition) is 4. The number of phenolic OH excluding ortho intramolecular Hbond substituents is 1. The number of carbonyl (C=O) groups excluding carboxylic acids is 1. The molecule has 3 N–H and O–H groups in total. The number of hydrogen-bond donors (Lipinski definition) is 3. The Morgan fingerprint density at radius 3 is 2.39 bits per heavy atom. The van der Waals surface area contributed by atoms with E-state index in [0.717, 1.165) is 30.9 Å². The molecule has 0 radical (unpaired) electrons. The standard InChI is InChI=1S/C18H22N2O3/c1-14(21)20-16-4-8-18(9-5-16)23-13-12-19-11-10-15-2-6-17(22)7-3-15/h2-9,19,22H,10-13H2,1H3,(H,20,21). The van der Waals surface area contributed by atoms with Crippen LogP contribution in [0.1, 0.15) is 12.5 Å². The fraction of sp³-hybridized carbons (Fsp3) is 0.278. The highest BCUT2D eigenvalue weighted by molar-refractivity contribution is 5.88. The Kier molecular flexibility index (Phi) is 6.44. The van der Waals surface area contributed by atoms with E-state index in [0.29, 0.717) is 12.4 Å². The molecule has 23 heavy (non-hydrogen) atoms. The number of anilines is 1. The van der Waals surface area contributed by atoms with Crippen LogP contribution in [-0.2, 0) is 11.2 Å². The third-order valence-electron chi connectivity index (χ3n) is 3.25. The van der Waals surface area contributed by atoms with E-state index < -0.39 is 0 Å². The number of rotatable bonds is 8. The number of carbonyl (C=O) groups is 1. The quantitative estimate of drug-likeness (QED) is 0.655. The van der Waals surface area contributed by atoms with E-state index in [1.807, 2.05) is 36.4 Å². The van der Waals surface area contributed by atoms with Crippen LogP contribution in [0.15, 0.2) is 48.5 Å². The van der Waals surface area contributed by atoms with E-state index in [9.17, 15) is 9.90 Å². The van der Waals surface area contributed by atoms with Crippen molar-refractivity contribution < 1.29 is 14.6 Å². The Balaban J connectivity index is 1.60. The highest BCUT2D eigenvalue weighted by atomic mass is 16.5. The summed E-state index contributed by atoms with van der Waals surface area (Å²) in [4.78, 5) is 10.9. The summed E-state index contributed by atoms with van der Waals surface area (Å²) in [7, 11) is 0. The lowest BCUT2D eigenvalue weighted by molar-refractivity contribution is -0.114. The van der Waals surface area contributed by atoms with Gasteiger partial charge in [0.2, 0.25) is 5.91 Å². The lowest BCUT2D eigenvalue weighted by atomic mass is 10.1. The molecule has 5 heteroatoms. The van der Waals surface area contributed by atoms with Crippen LogP contribution in [0.5, 0.6) is 11.5 Å². The minimum Gasteiger partial charge on any atom is -0.508 e. The van der Waals surface area contributed by atoms with Crippen molar-refractivity contribution in [3.05, 3.63) is 54.1 Å². The summed E-state index contributed by atoms with van der Waals surface area (Å²) < 4.78 is 5.63. The van der Waals surface area contributed by atoms with Gasteiger partial charge in [-0.15, -0.1) is 0 Å². The summed E-state index contributed by atoms with van der Waals surface area (Å²) in [6.45, 7) is 3.67. The average molecular weight is 314 g/mol. The van der Waals surface area contributed by atoms with Gasteiger partial charge in [-0.05, 0) is 54.9 Å². The van der Waals surface area contributed by atoms with Gasteiger partial charge in [-0.2, -0.15) is 0 Å². The van der Waals surface area contributed by atoms with Gasteiger partial charge < -0.3 is 20.5 Å². The van der Waals surface area contributed by atoms with Gasteiger partial charge in [0.1, 0.15) is 18.1 Å². The molecule has 0 spiro atoms. The van der Waals surface area contributed by atoms with Gasteiger partial charge in [0.15, 0.2) is 0 Å². The third-order valence-corrected chi connectivity index (χ3v) is 3.25. The van der Waals surface area contributed by atoms with Crippen LogP contribution in [0.3, 0.4) is 0 Å². The molecule has 0 bridgehead atoms. The fourth-order valence-corrected chi connectivity index (χ4v) is 2.10. The number of phenols is 1. The Hall–Kier alpha value is -2.53. The second-order valence-electron chi connectivity index (χ2n) is 5.22. The van der Waals surface area contributed by atoms with Gasteiger partial charge in [-0.3, -0.25) is 4.79 Å². The molecule has 122 valence electrons. The molecular weight excluding hydrogens is 292 g/mol. The van der Waals surface area contributed by atoms with Gasteiger partial charge in [-0.25, -0.2) is 0 Å². The van der Waals surface area contributed by atoms with Crippen molar-refractivity contribution in [3.8, 4) is 11.5 Å². The Morgan fingerprint density at radius 2 is 1.74 bits per heavy atom. The fourth-order valence-electron chi connectivity index (χ4n) is 2.10. The van der Waals surface area contributed by atoms with Crippen LogP contribution < -0.4 is 15.4 Å². The first-order valence-corrected chi connectivity index (χ1v) is 7.62. The summed E-state index contributed by atoms with van der Waals surface area (Å²) >= 11 is 0. The van der Waals surface area contributed by atoms with Gasteiger partial charge in [0.05, 0.1) is 0 Å². The molecule has 2 aromatic rings. The highest BCUT2D eigenvalue weighted by Crippen LogP contribution is 2.15. The molecule has 0 aliphatic carbocycles. The minimum atomic E-state index is -0.0866. The lowest BCUT2D eigenvalue weighted by Crippen LogP contribution is -2.23. The van der Waals surface area contributed by atoms with Crippen molar-refractivity contribution in [1.29, 1.82) is 0 Å². The Morgan fingerprint density at radius 1 is 1.04 bits per heavy atom. The smallest absolute Gasteiger partial charge is 0.221 e. The number of aromatic hydroxyl groups is 1. The van der Waals surface area contributed by atoms with Gasteiger partial charge in [0.25, 0.3) is 0 Å². The molecule has 0 aliphatic rings. The van der Waals surface area contributed by atoms with Crippen molar-refractivity contribution in [3.63, 3.8) is 0 Å². The molecule has 0 saturated carbocycles. The van der Waals surface area contributed by atoms with Gasteiger partial charge in [-0.1, -0.05) is 12.1 Å². The monoisotopic (exact) mass is 314 g/mol. The number of ether oxygens (including phenoxy) is 1. The van der Waals surface area contributed by atoms with Crippen LogP contribution in [-0.4, -0.2) is 30.7 Å². The topological polar surface area (TPSA) is 70.6 Å². The zero-order chi connectivity index (χ0) is 16.5. The molecule has 0 heterocycles. The number of nitrogens with one attached hydrogen (secondary N) is 2. The summed E-state index contributed by atoms with van der Waals surface area (Å²) in [5.41, 5.74) is 1.95. The summed E-state index contributed by atoms with van der Waals surface area (Å²) in [5.74, 6) is 0.982. The Bertz CT molecular complexity index is 609. The second-order valence-corrected chi connectivity index (χ2v) is 5.22. The maximum atomic E-state index is 10.9. The maximum absolute atomic E-state index is 10.9. The molecule has 1 amide bonds. The summed E-state index contributed by atoms with van der Waals surface area (Å²) in [5, 5.41) is 15.2. The highest BCUT2D eigenvalue weighted by Gasteiger charge is 1.98. The maximum Gasteiger partial charge on any atom is 0.221 e. The zero-order valence-corrected chi connectivity index (χ0v) is 13.2. The van der Waals surface area contributed by atoms with Crippen LogP contribution in [0.25, 0.3) is 0 Å². The summed E-state index contributed by atoms with van der Waals surface area (Å²) in [6.07, 6.45) is 0.908. The predicted molar refractivity (Wildman–Crippen MR) is 90.9 cm³/mol. The molecule has 0 unspecified atom stereocenters. The van der Waals surface area contributed by atoms with E-state index in [1.165, 1.54) is 12.5 Å². The van der Waals surface area contributed by atoms with Crippen molar-refractivity contribution in [2.45, 2.75) is 13.3 Å². The Labute approximate surface area is 136 Å². The molecule has 0 saturated heterocycles. The molecule has 0 aromatic heterocycles. The van der Waals surface area contributed by atoms with Crippen molar-refractivity contribution in [2.75, 3.05) is 25.0 Å². The van der Waals surface area contributed by atoms with Crippen LogP contribution in [0.2, 0.25) is 0 Å². The van der Waals surface area contributed by atoms with E-state index in [1.54, 1.807) is 12.1 Å². The van der Waals surface area contributed by atoms with E-state index in [-0.39, 0.29) is 5.91 Å². The third kappa shape index (κ3) is 6.40. The first kappa shape index (κ1) is 16.8. The average Bonchev–Trinajstić information content (AvgIpc) is 2.53. The normalized spacial score (nSPS) is 10.3. The summed E-state index contributed by atoms with van der Waals surface area (Å²) in [6, 6.07) is 14.5. The van der Waals surface area contributed by atoms with E-state index >= 15 is 0 Å². The minimum absolute atomic E-state index is 0.0866. The van der Waals surface area contributed by atoms with Gasteiger partial charge >= 0.3 is 0 Å². The molecule has 0 fully saturated rings. The zero-order valence-electron chi connectivity index (χ0n) is 13.2. The van der Waals surface area contributed by atoms with Crippen molar-refractivity contribution in [2.24, 2.45) is 0 Å².